The Labute approximate surface area is 330 Å². The average Bonchev–Trinajstić information content (AvgIpc) is 3.09. The Morgan fingerprint density at radius 2 is 0.667 bits per heavy atom. The number of halogens is 20. The Hall–Kier alpha value is -3.36. The molecule has 2 saturated carbocycles. The second kappa shape index (κ2) is 15.8. The Morgan fingerprint density at radius 3 is 0.883 bits per heavy atom. The van der Waals surface area contributed by atoms with E-state index in [1.165, 1.54) is 13.8 Å². The molecule has 0 spiro atoms. The molecule has 0 atom stereocenters. The third kappa shape index (κ3) is 7.02. The van der Waals surface area contributed by atoms with Crippen LogP contribution < -0.4 is 11.5 Å². The zero-order chi connectivity index (χ0) is 46.1. The van der Waals surface area contributed by atoms with Gasteiger partial charge in [0.2, 0.25) is 0 Å². The third-order valence-electron chi connectivity index (χ3n) is 11.6. The van der Waals surface area contributed by atoms with Gasteiger partial charge in [-0.25, -0.2) is 0 Å². The first-order chi connectivity index (χ1) is 27.1. The van der Waals surface area contributed by atoms with Crippen molar-refractivity contribution in [2.24, 2.45) is 0 Å². The molecule has 2 nitrogen and oxygen atoms in total. The molecule has 0 amide bonds. The zero-order valence-corrected chi connectivity index (χ0v) is 31.7. The lowest BCUT2D eigenvalue weighted by Gasteiger charge is -2.45. The van der Waals surface area contributed by atoms with Gasteiger partial charge in [-0.2, -0.15) is 87.8 Å². The first-order valence-corrected chi connectivity index (χ1v) is 18.7. The number of alkyl halides is 20. The molecule has 2 fully saturated rings. The number of rotatable bonds is 19. The highest BCUT2D eigenvalue weighted by molar-refractivity contribution is 5.60. The summed E-state index contributed by atoms with van der Waals surface area (Å²) in [5.74, 6) is -84.6. The van der Waals surface area contributed by atoms with E-state index in [2.05, 4.69) is 0 Å². The molecule has 2 aromatic rings. The molecule has 0 saturated heterocycles. The third-order valence-corrected chi connectivity index (χ3v) is 11.6. The Morgan fingerprint density at radius 1 is 0.417 bits per heavy atom. The van der Waals surface area contributed by atoms with Crippen LogP contribution in [0.5, 0.6) is 0 Å². The van der Waals surface area contributed by atoms with Crippen LogP contribution in [-0.4, -0.2) is 47.4 Å². The predicted molar refractivity (Wildman–Crippen MR) is 179 cm³/mol. The highest BCUT2D eigenvalue weighted by Crippen LogP contribution is 2.68. The van der Waals surface area contributed by atoms with E-state index in [0.717, 1.165) is 0 Å². The fraction of sp³-hybridized carbons (Fsp3) is 0.684. The first kappa shape index (κ1) is 49.3. The predicted octanol–water partition coefficient (Wildman–Crippen LogP) is 14.0. The van der Waals surface area contributed by atoms with E-state index in [0.29, 0.717) is 12.8 Å². The van der Waals surface area contributed by atoms with Gasteiger partial charge in [0.1, 0.15) is 0 Å². The molecule has 0 radical (unpaired) electrons. The lowest BCUT2D eigenvalue weighted by Crippen LogP contribution is -2.76. The normalized spacial score (nSPS) is 17.5. The maximum Gasteiger partial charge on any atom is 0.385 e. The number of aryl methyl sites for hydroxylation is 2. The minimum Gasteiger partial charge on any atom is -0.398 e. The fourth-order valence-electron chi connectivity index (χ4n) is 7.04. The fourth-order valence-corrected chi connectivity index (χ4v) is 7.04. The minimum atomic E-state index is -9.11. The van der Waals surface area contributed by atoms with Crippen LogP contribution in [0.2, 0.25) is 0 Å². The maximum atomic E-state index is 15.4. The standard InChI is InChI=1S/C38H40F20N2/c1-3-5-9-21-15-23(17-25(27(21)59)19-11-7-12-19)29(39,40)31(43,44)33(47,48)35(51,52)37(55,56)38(57,58)36(53,54)34(49,50)32(45,46)30(41,42)24-16-22(10-6-4-2)28(60)26(18-24)20-13-8-14-20/h15-20H,3-14,59-60H2,1-2H3. The second-order valence-corrected chi connectivity index (χ2v) is 15.5. The van der Waals surface area contributed by atoms with Gasteiger partial charge >= 0.3 is 59.2 Å². The molecule has 60 heavy (non-hydrogen) atoms. The van der Waals surface area contributed by atoms with Gasteiger partial charge in [-0.15, -0.1) is 0 Å². The second-order valence-electron chi connectivity index (χ2n) is 15.5. The van der Waals surface area contributed by atoms with Crippen LogP contribution in [0.3, 0.4) is 0 Å². The molecule has 0 heterocycles. The molecule has 22 heteroatoms. The van der Waals surface area contributed by atoms with E-state index in [1.807, 2.05) is 0 Å². The maximum absolute atomic E-state index is 15.4. The number of unbranched alkanes of at least 4 members (excludes halogenated alkanes) is 2. The van der Waals surface area contributed by atoms with E-state index >= 15 is 52.7 Å². The van der Waals surface area contributed by atoms with Crippen LogP contribution in [0.15, 0.2) is 24.3 Å². The summed E-state index contributed by atoms with van der Waals surface area (Å²) >= 11 is 0. The molecule has 4 rings (SSSR count). The number of hydrogen-bond acceptors (Lipinski definition) is 2. The number of benzene rings is 2. The number of hydrogen-bond donors (Lipinski definition) is 2. The molecule has 4 N–H and O–H groups in total. The van der Waals surface area contributed by atoms with E-state index < -0.39 is 104 Å². The molecule has 2 aromatic carbocycles. The summed E-state index contributed by atoms with van der Waals surface area (Å²) in [7, 11) is 0. The van der Waals surface area contributed by atoms with Crippen LogP contribution in [0, 0.1) is 0 Å². The van der Waals surface area contributed by atoms with Gasteiger partial charge < -0.3 is 11.5 Å². The van der Waals surface area contributed by atoms with Crippen LogP contribution in [0.25, 0.3) is 0 Å². The van der Waals surface area contributed by atoms with Crippen molar-refractivity contribution < 1.29 is 87.8 Å². The Balaban J connectivity index is 1.80. The van der Waals surface area contributed by atoms with Crippen molar-refractivity contribution in [1.82, 2.24) is 0 Å². The summed E-state index contributed by atoms with van der Waals surface area (Å²) < 4.78 is 302. The molecular formula is C38H40F20N2. The monoisotopic (exact) mass is 904 g/mol. The van der Waals surface area contributed by atoms with Crippen LogP contribution in [0.1, 0.15) is 123 Å². The minimum absolute atomic E-state index is 0.00198. The van der Waals surface area contributed by atoms with E-state index in [4.69, 9.17) is 11.5 Å². The molecule has 0 unspecified atom stereocenters. The van der Waals surface area contributed by atoms with Crippen molar-refractivity contribution in [3.05, 3.63) is 57.6 Å². The van der Waals surface area contributed by atoms with Crippen LogP contribution >= 0.6 is 0 Å². The SMILES string of the molecule is CCCCc1cc(C(F)(F)C(F)(F)C(F)(F)C(F)(F)C(F)(F)C(F)(F)C(F)(F)C(F)(F)C(F)(F)C(F)(F)c2cc(CCCC)c(N)c(C3CCC3)c2)cc(C2CCC2)c1N. The highest BCUT2D eigenvalue weighted by Gasteiger charge is 2.97. The summed E-state index contributed by atoms with van der Waals surface area (Å²) in [6.07, 6.45) is 1.48. The summed E-state index contributed by atoms with van der Waals surface area (Å²) in [6.45, 7) is 3.07. The van der Waals surface area contributed by atoms with Crippen LogP contribution in [0.4, 0.5) is 99.2 Å². The van der Waals surface area contributed by atoms with Crippen molar-refractivity contribution in [3.63, 3.8) is 0 Å². The average molecular weight is 905 g/mol. The van der Waals surface area contributed by atoms with E-state index in [-0.39, 0.29) is 99.8 Å². The van der Waals surface area contributed by atoms with Crippen molar-refractivity contribution >= 4 is 11.4 Å². The number of nitrogen functional groups attached to an aromatic ring is 2. The van der Waals surface area contributed by atoms with Crippen molar-refractivity contribution in [2.75, 3.05) is 11.5 Å². The summed E-state index contributed by atoms with van der Waals surface area (Å²) in [5.41, 5.74) is 4.88. The molecule has 2 aliphatic rings. The molecule has 2 aliphatic carbocycles. The molecular weight excluding hydrogens is 864 g/mol. The zero-order valence-electron chi connectivity index (χ0n) is 31.7. The highest BCUT2D eigenvalue weighted by atomic mass is 19.4. The Kier molecular flexibility index (Phi) is 13.0. The molecule has 0 aliphatic heterocycles. The lowest BCUT2D eigenvalue weighted by atomic mass is 9.76. The van der Waals surface area contributed by atoms with Gasteiger partial charge in [0.15, 0.2) is 0 Å². The van der Waals surface area contributed by atoms with E-state index in [9.17, 15) is 35.1 Å². The van der Waals surface area contributed by atoms with Crippen molar-refractivity contribution in [2.45, 2.75) is 162 Å². The Bertz CT molecular complexity index is 1730. The smallest absolute Gasteiger partial charge is 0.385 e. The van der Waals surface area contributed by atoms with Crippen molar-refractivity contribution in [3.8, 4) is 0 Å². The summed E-state index contributed by atoms with van der Waals surface area (Å²) in [6, 6.07) is 0.0664. The van der Waals surface area contributed by atoms with E-state index in [1.54, 1.807) is 0 Å². The van der Waals surface area contributed by atoms with Crippen molar-refractivity contribution in [1.29, 1.82) is 0 Å². The molecule has 342 valence electrons. The van der Waals surface area contributed by atoms with Crippen LogP contribution in [-0.2, 0) is 24.7 Å². The molecule has 0 bridgehead atoms. The van der Waals surface area contributed by atoms with Gasteiger partial charge in [0.05, 0.1) is 0 Å². The topological polar surface area (TPSA) is 52.0 Å². The van der Waals surface area contributed by atoms with Gasteiger partial charge in [-0.3, -0.25) is 0 Å². The quantitative estimate of drug-likeness (QED) is 0.109. The van der Waals surface area contributed by atoms with Gasteiger partial charge in [-0.05, 0) is 110 Å². The van der Waals surface area contributed by atoms with Gasteiger partial charge in [0, 0.05) is 22.5 Å². The molecule has 0 aromatic heterocycles. The number of nitrogens with two attached hydrogens (primary N) is 2. The van der Waals surface area contributed by atoms with Gasteiger partial charge in [0.25, 0.3) is 0 Å². The van der Waals surface area contributed by atoms with Gasteiger partial charge in [-0.1, -0.05) is 39.5 Å². The summed E-state index contributed by atoms with van der Waals surface area (Å²) in [4.78, 5) is 0. The number of anilines is 2. The lowest BCUT2D eigenvalue weighted by molar-refractivity contribution is -0.470. The first-order valence-electron chi connectivity index (χ1n) is 18.7. The summed E-state index contributed by atoms with van der Waals surface area (Å²) in [5, 5.41) is 0. The largest absolute Gasteiger partial charge is 0.398 e.